The maximum absolute atomic E-state index is 12.5. The molecular weight excluding hydrogens is 745 g/mol. The second kappa shape index (κ2) is 50.1. The minimum Gasteiger partial charge on any atom is -0.462 e. The van der Waals surface area contributed by atoms with Crippen molar-refractivity contribution in [1.29, 1.82) is 0 Å². The lowest BCUT2D eigenvalue weighted by atomic mass is 10.0. The van der Waals surface area contributed by atoms with Gasteiger partial charge < -0.3 is 14.2 Å². The molecule has 1 unspecified atom stereocenters. The molecule has 0 aliphatic carbocycles. The monoisotopic (exact) mass is 849 g/mol. The summed E-state index contributed by atoms with van der Waals surface area (Å²) in [4.78, 5) is 37.3. The summed E-state index contributed by atoms with van der Waals surface area (Å²) < 4.78 is 16.5. The van der Waals surface area contributed by atoms with Crippen LogP contribution in [0.15, 0.2) is 0 Å². The number of carbonyl (C=O) groups is 3. The van der Waals surface area contributed by atoms with Crippen LogP contribution in [-0.2, 0) is 28.6 Å². The van der Waals surface area contributed by atoms with Gasteiger partial charge in [-0.15, -0.1) is 0 Å². The van der Waals surface area contributed by atoms with Crippen molar-refractivity contribution in [2.24, 2.45) is 0 Å². The molecule has 0 radical (unpaired) electrons. The second-order valence-electron chi connectivity index (χ2n) is 18.5. The van der Waals surface area contributed by atoms with Gasteiger partial charge in [0.2, 0.25) is 0 Å². The Labute approximate surface area is 374 Å². The fraction of sp³-hybridized carbons (Fsp3) is 0.944. The Morgan fingerprint density at radius 3 is 0.667 bits per heavy atom. The molecule has 356 valence electrons. The van der Waals surface area contributed by atoms with Gasteiger partial charge >= 0.3 is 17.9 Å². The number of hydrogen-bond acceptors (Lipinski definition) is 6. The van der Waals surface area contributed by atoms with Crippen LogP contribution in [0.25, 0.3) is 0 Å². The Balaban J connectivity index is 3.71. The first kappa shape index (κ1) is 58.4. The molecule has 0 bridgehead atoms. The van der Waals surface area contributed by atoms with Gasteiger partial charge in [-0.3, -0.25) is 14.4 Å². The van der Waals surface area contributed by atoms with E-state index in [0.29, 0.717) is 19.3 Å². The predicted molar refractivity (Wildman–Crippen MR) is 257 cm³/mol. The van der Waals surface area contributed by atoms with Crippen LogP contribution in [0.1, 0.15) is 310 Å². The van der Waals surface area contributed by atoms with E-state index in [0.717, 1.165) is 64.2 Å². The highest BCUT2D eigenvalue weighted by Gasteiger charge is 2.19. The average molecular weight is 849 g/mol. The van der Waals surface area contributed by atoms with E-state index in [1.54, 1.807) is 0 Å². The lowest BCUT2D eigenvalue weighted by Gasteiger charge is -2.18. The van der Waals surface area contributed by atoms with Crippen LogP contribution in [0, 0.1) is 0 Å². The summed E-state index contributed by atoms with van der Waals surface area (Å²) >= 11 is 0. The molecule has 0 aromatic carbocycles. The molecule has 0 saturated heterocycles. The summed E-state index contributed by atoms with van der Waals surface area (Å²) in [7, 11) is 0. The van der Waals surface area contributed by atoms with Crippen molar-refractivity contribution in [2.45, 2.75) is 316 Å². The number of carbonyl (C=O) groups excluding carboxylic acids is 3. The smallest absolute Gasteiger partial charge is 0.306 e. The minimum absolute atomic E-state index is 0.0650. The molecule has 0 rings (SSSR count). The van der Waals surface area contributed by atoms with Crippen LogP contribution in [0.4, 0.5) is 0 Å². The zero-order valence-corrected chi connectivity index (χ0v) is 40.8. The summed E-state index contributed by atoms with van der Waals surface area (Å²) in [6.07, 6.45) is 54.9. The van der Waals surface area contributed by atoms with Crippen LogP contribution >= 0.6 is 0 Å². The molecule has 0 aliphatic rings. The van der Waals surface area contributed by atoms with E-state index in [9.17, 15) is 14.4 Å². The largest absolute Gasteiger partial charge is 0.462 e. The first-order chi connectivity index (χ1) is 29.5. The molecule has 60 heavy (non-hydrogen) atoms. The Morgan fingerprint density at radius 2 is 0.450 bits per heavy atom. The number of rotatable bonds is 50. The topological polar surface area (TPSA) is 78.9 Å². The van der Waals surface area contributed by atoms with E-state index in [1.807, 2.05) is 0 Å². The van der Waals surface area contributed by atoms with Crippen molar-refractivity contribution in [1.82, 2.24) is 0 Å². The van der Waals surface area contributed by atoms with E-state index >= 15 is 0 Å². The van der Waals surface area contributed by atoms with Crippen LogP contribution in [0.2, 0.25) is 0 Å². The maximum atomic E-state index is 12.5. The molecule has 6 heteroatoms. The third kappa shape index (κ3) is 47.5. The van der Waals surface area contributed by atoms with Gasteiger partial charge in [0, 0.05) is 19.3 Å². The zero-order chi connectivity index (χ0) is 43.7. The number of hydrogen-bond donors (Lipinski definition) is 0. The van der Waals surface area contributed by atoms with Gasteiger partial charge in [-0.1, -0.05) is 271 Å². The maximum Gasteiger partial charge on any atom is 0.306 e. The molecule has 0 aliphatic heterocycles. The fourth-order valence-corrected chi connectivity index (χ4v) is 8.27. The van der Waals surface area contributed by atoms with Crippen LogP contribution < -0.4 is 0 Å². The second-order valence-corrected chi connectivity index (χ2v) is 18.5. The molecule has 0 N–H and O–H groups in total. The van der Waals surface area contributed by atoms with E-state index in [1.165, 1.54) is 205 Å². The standard InChI is InChI=1S/C54H104O6/c1-4-7-10-13-15-16-17-18-19-20-21-22-23-24-25-26-27-28-29-30-31-32-33-34-35-36-37-38-39-42-44-47-53(56)59-50-51(49-58-52(55)46-43-40-12-9-6-3)60-54(57)48-45-41-14-11-8-5-2/h51H,4-50H2,1-3H3. The Bertz CT molecular complexity index is 889. The summed E-state index contributed by atoms with van der Waals surface area (Å²) in [5, 5.41) is 0. The molecule has 0 fully saturated rings. The normalized spacial score (nSPS) is 11.8. The molecule has 0 saturated carbocycles. The fourth-order valence-electron chi connectivity index (χ4n) is 8.27. The highest BCUT2D eigenvalue weighted by atomic mass is 16.6. The van der Waals surface area contributed by atoms with Crippen molar-refractivity contribution in [2.75, 3.05) is 13.2 Å². The summed E-state index contributed by atoms with van der Waals surface area (Å²) in [6.45, 7) is 6.53. The Kier molecular flexibility index (Phi) is 48.7. The number of unbranched alkanes of at least 4 members (excludes halogenated alkanes) is 39. The Morgan fingerprint density at radius 1 is 0.267 bits per heavy atom. The lowest BCUT2D eigenvalue weighted by Crippen LogP contribution is -2.30. The first-order valence-corrected chi connectivity index (χ1v) is 27.0. The highest BCUT2D eigenvalue weighted by molar-refractivity contribution is 5.71. The number of ether oxygens (including phenoxy) is 3. The third-order valence-electron chi connectivity index (χ3n) is 12.4. The molecule has 0 aromatic heterocycles. The lowest BCUT2D eigenvalue weighted by molar-refractivity contribution is -0.167. The van der Waals surface area contributed by atoms with E-state index in [4.69, 9.17) is 14.2 Å². The molecule has 0 aromatic rings. The third-order valence-corrected chi connectivity index (χ3v) is 12.4. The quantitative estimate of drug-likeness (QED) is 0.0345. The molecule has 0 spiro atoms. The molecule has 0 heterocycles. The SMILES string of the molecule is CCCCCCCCCCCCCCCCCCCCCCCCCCCCCCCCCC(=O)OCC(COC(=O)CCCCCCC)OC(=O)CCCCCCCC. The van der Waals surface area contributed by atoms with Gasteiger partial charge in [-0.2, -0.15) is 0 Å². The van der Waals surface area contributed by atoms with Gasteiger partial charge in [0.1, 0.15) is 13.2 Å². The van der Waals surface area contributed by atoms with Crippen LogP contribution in [0.3, 0.4) is 0 Å². The first-order valence-electron chi connectivity index (χ1n) is 27.0. The van der Waals surface area contributed by atoms with Gasteiger partial charge in [0.25, 0.3) is 0 Å². The molecule has 0 amide bonds. The highest BCUT2D eigenvalue weighted by Crippen LogP contribution is 2.17. The minimum atomic E-state index is -0.756. The average Bonchev–Trinajstić information content (AvgIpc) is 3.24. The predicted octanol–water partition coefficient (Wildman–Crippen LogP) is 17.6. The van der Waals surface area contributed by atoms with E-state index in [2.05, 4.69) is 20.8 Å². The van der Waals surface area contributed by atoms with Gasteiger partial charge in [-0.05, 0) is 19.3 Å². The number of esters is 3. The van der Waals surface area contributed by atoms with Crippen LogP contribution in [-0.4, -0.2) is 37.2 Å². The van der Waals surface area contributed by atoms with Gasteiger partial charge in [0.15, 0.2) is 6.10 Å². The van der Waals surface area contributed by atoms with Crippen molar-refractivity contribution < 1.29 is 28.6 Å². The van der Waals surface area contributed by atoms with E-state index < -0.39 is 6.10 Å². The van der Waals surface area contributed by atoms with Crippen molar-refractivity contribution >= 4 is 17.9 Å². The Hall–Kier alpha value is -1.59. The van der Waals surface area contributed by atoms with Crippen molar-refractivity contribution in [3.8, 4) is 0 Å². The van der Waals surface area contributed by atoms with Crippen molar-refractivity contribution in [3.05, 3.63) is 0 Å². The van der Waals surface area contributed by atoms with E-state index in [-0.39, 0.29) is 31.1 Å². The van der Waals surface area contributed by atoms with Crippen molar-refractivity contribution in [3.63, 3.8) is 0 Å². The summed E-state index contributed by atoms with van der Waals surface area (Å²) in [5.41, 5.74) is 0. The molecule has 6 nitrogen and oxygen atoms in total. The van der Waals surface area contributed by atoms with Gasteiger partial charge in [-0.25, -0.2) is 0 Å². The molecular formula is C54H104O6. The summed E-state index contributed by atoms with van der Waals surface area (Å²) in [6, 6.07) is 0. The van der Waals surface area contributed by atoms with Gasteiger partial charge in [0.05, 0.1) is 0 Å². The molecule has 1 atom stereocenters. The zero-order valence-electron chi connectivity index (χ0n) is 40.8. The summed E-state index contributed by atoms with van der Waals surface area (Å²) in [5.74, 6) is -0.876. The van der Waals surface area contributed by atoms with Crippen LogP contribution in [0.5, 0.6) is 0 Å².